The van der Waals surface area contributed by atoms with Crippen LogP contribution < -0.4 is 5.32 Å². The van der Waals surface area contributed by atoms with E-state index in [2.05, 4.69) is 10.4 Å². The van der Waals surface area contributed by atoms with Crippen LogP contribution in [0.3, 0.4) is 0 Å². The van der Waals surface area contributed by atoms with Gasteiger partial charge in [0.15, 0.2) is 5.69 Å². The molecule has 0 spiro atoms. The maximum atomic E-state index is 12.5. The lowest BCUT2D eigenvalue weighted by molar-refractivity contribution is -0.141. The van der Waals surface area contributed by atoms with Crippen LogP contribution in [0.25, 0.3) is 0 Å². The summed E-state index contributed by atoms with van der Waals surface area (Å²) < 4.78 is 1.66. The van der Waals surface area contributed by atoms with Crippen molar-refractivity contribution in [2.45, 2.75) is 58.5 Å². The molecule has 2 atom stereocenters. The highest BCUT2D eigenvalue weighted by Gasteiger charge is 2.49. The molecule has 1 N–H and O–H groups in total. The molecule has 1 aromatic heterocycles. The van der Waals surface area contributed by atoms with Gasteiger partial charge in [-0.25, -0.2) is 0 Å². The number of halogens is 1. The lowest BCUT2D eigenvalue weighted by Crippen LogP contribution is -2.55. The van der Waals surface area contributed by atoms with Crippen LogP contribution in [0.5, 0.6) is 0 Å². The third-order valence-electron chi connectivity index (χ3n) is 5.59. The Balaban J connectivity index is 1.71. The number of nitrogens with one attached hydrogen (secondary N) is 1. The number of fused-ring (bicyclic) bond motifs is 1. The van der Waals surface area contributed by atoms with E-state index in [1.165, 1.54) is 0 Å². The van der Waals surface area contributed by atoms with Gasteiger partial charge in [0.05, 0.1) is 5.02 Å². The fourth-order valence-corrected chi connectivity index (χ4v) is 4.55. The molecular formula is C17H25ClN4O2. The van der Waals surface area contributed by atoms with E-state index < -0.39 is 0 Å². The monoisotopic (exact) mass is 352 g/mol. The minimum atomic E-state index is -0.229. The highest BCUT2D eigenvalue weighted by Crippen LogP contribution is 2.47. The molecular weight excluding hydrogens is 328 g/mol. The number of likely N-dealkylation sites (tertiary alicyclic amines) is 1. The van der Waals surface area contributed by atoms with E-state index >= 15 is 0 Å². The summed E-state index contributed by atoms with van der Waals surface area (Å²) in [6, 6.07) is 0.243. The standard InChI is InChI=1S/C17H25ClN4O2/c1-3-21-10-12(18)15(20-21)16(24)19-11-17-8-5-6-13(17)22(4-2)14(23)7-9-17/h10,13H,3-9,11H2,1-2H3,(H,19,24)/t13-,17+/m1/s1. The SMILES string of the molecule is CCN1C(=O)CC[C@]2(CNC(=O)c3nn(CC)cc3Cl)CCC[C@@H]12. The van der Waals surface area contributed by atoms with Gasteiger partial charge in [-0.15, -0.1) is 0 Å². The van der Waals surface area contributed by atoms with E-state index in [0.29, 0.717) is 24.5 Å². The van der Waals surface area contributed by atoms with Gasteiger partial charge in [-0.3, -0.25) is 14.3 Å². The van der Waals surface area contributed by atoms with E-state index in [9.17, 15) is 9.59 Å². The minimum absolute atomic E-state index is 0.000617. The second-order valence-corrected chi connectivity index (χ2v) is 7.22. The van der Waals surface area contributed by atoms with E-state index in [1.807, 2.05) is 18.7 Å². The molecule has 3 rings (SSSR count). The molecule has 1 saturated heterocycles. The third-order valence-corrected chi connectivity index (χ3v) is 5.87. The lowest BCUT2D eigenvalue weighted by Gasteiger charge is -2.46. The van der Waals surface area contributed by atoms with Gasteiger partial charge >= 0.3 is 0 Å². The second kappa shape index (κ2) is 6.75. The first kappa shape index (κ1) is 17.3. The Morgan fingerprint density at radius 1 is 1.42 bits per heavy atom. The second-order valence-electron chi connectivity index (χ2n) is 6.81. The van der Waals surface area contributed by atoms with Crippen LogP contribution in [-0.2, 0) is 11.3 Å². The lowest BCUT2D eigenvalue weighted by atomic mass is 9.74. The summed E-state index contributed by atoms with van der Waals surface area (Å²) >= 11 is 6.12. The van der Waals surface area contributed by atoms with Crippen LogP contribution in [-0.4, -0.2) is 45.6 Å². The van der Waals surface area contributed by atoms with Crippen molar-refractivity contribution in [1.82, 2.24) is 20.0 Å². The van der Waals surface area contributed by atoms with E-state index in [1.54, 1.807) is 10.9 Å². The summed E-state index contributed by atoms with van der Waals surface area (Å²) in [5.41, 5.74) is 0.281. The largest absolute Gasteiger partial charge is 0.350 e. The van der Waals surface area contributed by atoms with Crippen molar-refractivity contribution >= 4 is 23.4 Å². The molecule has 7 heteroatoms. The number of hydrogen-bond donors (Lipinski definition) is 1. The maximum absolute atomic E-state index is 12.5. The summed E-state index contributed by atoms with van der Waals surface area (Å²) in [4.78, 5) is 26.6. The van der Waals surface area contributed by atoms with Crippen molar-refractivity contribution in [3.8, 4) is 0 Å². The van der Waals surface area contributed by atoms with Gasteiger partial charge in [-0.2, -0.15) is 5.10 Å². The average molecular weight is 353 g/mol. The number of amides is 2. The normalized spacial score (nSPS) is 26.5. The van der Waals surface area contributed by atoms with Crippen molar-refractivity contribution in [2.24, 2.45) is 5.41 Å². The zero-order valence-corrected chi connectivity index (χ0v) is 15.1. The Labute approximate surface area is 147 Å². The molecule has 132 valence electrons. The zero-order chi connectivity index (χ0) is 17.3. The molecule has 2 amide bonds. The average Bonchev–Trinajstić information content (AvgIpc) is 3.16. The first-order valence-electron chi connectivity index (χ1n) is 8.81. The van der Waals surface area contributed by atoms with Gasteiger partial charge in [0.25, 0.3) is 5.91 Å². The summed E-state index contributed by atoms with van der Waals surface area (Å²) in [5.74, 6) is 0.0169. The Morgan fingerprint density at radius 3 is 2.88 bits per heavy atom. The number of aryl methyl sites for hydroxylation is 1. The van der Waals surface area contributed by atoms with Crippen LogP contribution in [0.1, 0.15) is 56.4 Å². The molecule has 6 nitrogen and oxygen atoms in total. The van der Waals surface area contributed by atoms with Crippen LogP contribution >= 0.6 is 11.6 Å². The molecule has 0 aromatic carbocycles. The fraction of sp³-hybridized carbons (Fsp3) is 0.706. The minimum Gasteiger partial charge on any atom is -0.350 e. The topological polar surface area (TPSA) is 67.2 Å². The van der Waals surface area contributed by atoms with Crippen molar-refractivity contribution < 1.29 is 9.59 Å². The van der Waals surface area contributed by atoms with Crippen LogP contribution in [0.2, 0.25) is 5.02 Å². The van der Waals surface area contributed by atoms with Crippen molar-refractivity contribution in [2.75, 3.05) is 13.1 Å². The maximum Gasteiger partial charge on any atom is 0.273 e. The Morgan fingerprint density at radius 2 is 2.21 bits per heavy atom. The number of rotatable bonds is 5. The first-order valence-corrected chi connectivity index (χ1v) is 9.19. The molecule has 2 aliphatic rings. The van der Waals surface area contributed by atoms with Crippen molar-refractivity contribution in [1.29, 1.82) is 0 Å². The highest BCUT2D eigenvalue weighted by atomic mass is 35.5. The van der Waals surface area contributed by atoms with E-state index in [4.69, 9.17) is 11.6 Å². The molecule has 2 heterocycles. The first-order chi connectivity index (χ1) is 11.5. The zero-order valence-electron chi connectivity index (χ0n) is 14.3. The van der Waals surface area contributed by atoms with Crippen LogP contribution in [0, 0.1) is 5.41 Å². The predicted octanol–water partition coefficient (Wildman–Crippen LogP) is 2.47. The van der Waals surface area contributed by atoms with Gasteiger partial charge in [0, 0.05) is 43.7 Å². The van der Waals surface area contributed by atoms with E-state index in [-0.39, 0.29) is 29.0 Å². The Hall–Kier alpha value is -1.56. The smallest absolute Gasteiger partial charge is 0.273 e. The molecule has 0 unspecified atom stereocenters. The number of aromatic nitrogens is 2. The van der Waals surface area contributed by atoms with Gasteiger partial charge in [-0.1, -0.05) is 18.0 Å². The van der Waals surface area contributed by atoms with Crippen molar-refractivity contribution in [3.05, 3.63) is 16.9 Å². The molecule has 24 heavy (non-hydrogen) atoms. The van der Waals surface area contributed by atoms with Crippen LogP contribution in [0.4, 0.5) is 0 Å². The van der Waals surface area contributed by atoms with Gasteiger partial charge in [0.1, 0.15) is 0 Å². The summed E-state index contributed by atoms with van der Waals surface area (Å²) in [7, 11) is 0. The summed E-state index contributed by atoms with van der Waals surface area (Å²) in [5, 5.41) is 7.64. The number of nitrogens with zero attached hydrogens (tertiary/aromatic N) is 3. The van der Waals surface area contributed by atoms with Crippen LogP contribution in [0.15, 0.2) is 6.20 Å². The quantitative estimate of drug-likeness (QED) is 0.885. The molecule has 1 aliphatic heterocycles. The molecule has 0 bridgehead atoms. The molecule has 1 aliphatic carbocycles. The Kier molecular flexibility index (Phi) is 4.85. The predicted molar refractivity (Wildman–Crippen MR) is 91.9 cm³/mol. The number of carbonyl (C=O) groups is 2. The summed E-state index contributed by atoms with van der Waals surface area (Å²) in [6.45, 7) is 5.97. The van der Waals surface area contributed by atoms with Crippen molar-refractivity contribution in [3.63, 3.8) is 0 Å². The van der Waals surface area contributed by atoms with Gasteiger partial charge in [0.2, 0.25) is 5.91 Å². The van der Waals surface area contributed by atoms with Gasteiger partial charge < -0.3 is 10.2 Å². The molecule has 1 saturated carbocycles. The number of carbonyl (C=O) groups excluding carboxylic acids is 2. The summed E-state index contributed by atoms with van der Waals surface area (Å²) in [6.07, 6.45) is 6.29. The number of piperidine rings is 1. The van der Waals surface area contributed by atoms with E-state index in [0.717, 1.165) is 32.2 Å². The molecule has 0 radical (unpaired) electrons. The molecule has 1 aromatic rings. The highest BCUT2D eigenvalue weighted by molar-refractivity contribution is 6.33. The molecule has 2 fully saturated rings. The third kappa shape index (κ3) is 2.92. The fourth-order valence-electron chi connectivity index (χ4n) is 4.32. The number of hydrogen-bond acceptors (Lipinski definition) is 3. The Bertz CT molecular complexity index is 645. The van der Waals surface area contributed by atoms with Gasteiger partial charge in [-0.05, 0) is 33.1 Å².